The predicted molar refractivity (Wildman–Crippen MR) is 83.7 cm³/mol. The average Bonchev–Trinajstić information content (AvgIpc) is 2.50. The van der Waals surface area contributed by atoms with Gasteiger partial charge in [-0.05, 0) is 30.5 Å². The van der Waals surface area contributed by atoms with Crippen LogP contribution in [-0.2, 0) is 6.54 Å². The van der Waals surface area contributed by atoms with E-state index >= 15 is 0 Å². The molecule has 2 atom stereocenters. The Labute approximate surface area is 130 Å². The van der Waals surface area contributed by atoms with Crippen molar-refractivity contribution in [1.29, 1.82) is 0 Å². The number of amides is 2. The first-order valence-electron chi connectivity index (χ1n) is 7.32. The first kappa shape index (κ1) is 18.0. The third-order valence-electron chi connectivity index (χ3n) is 3.93. The Kier molecular flexibility index (Phi) is 6.37. The van der Waals surface area contributed by atoms with Crippen molar-refractivity contribution in [2.45, 2.75) is 39.3 Å². The third kappa shape index (κ3) is 5.37. The first-order chi connectivity index (χ1) is 10.3. The molecule has 0 fully saturated rings. The second-order valence-electron chi connectivity index (χ2n) is 5.70. The molecule has 6 nitrogen and oxygen atoms in total. The summed E-state index contributed by atoms with van der Waals surface area (Å²) in [5, 5.41) is 24.3. The van der Waals surface area contributed by atoms with Crippen LogP contribution in [0.5, 0.6) is 0 Å². The van der Waals surface area contributed by atoms with Gasteiger partial charge in [0.25, 0.3) is 0 Å². The van der Waals surface area contributed by atoms with Crippen molar-refractivity contribution in [3.63, 3.8) is 0 Å². The van der Waals surface area contributed by atoms with E-state index in [2.05, 4.69) is 10.6 Å². The smallest absolute Gasteiger partial charge is 0.335 e. The van der Waals surface area contributed by atoms with Gasteiger partial charge in [-0.2, -0.15) is 0 Å². The Morgan fingerprint density at radius 3 is 2.32 bits per heavy atom. The second kappa shape index (κ2) is 7.79. The molecule has 0 bridgehead atoms. The van der Waals surface area contributed by atoms with E-state index in [0.29, 0.717) is 0 Å². The van der Waals surface area contributed by atoms with Gasteiger partial charge in [0.1, 0.15) is 0 Å². The maximum absolute atomic E-state index is 11.7. The minimum Gasteiger partial charge on any atom is -0.478 e. The minimum absolute atomic E-state index is 0.0800. The van der Waals surface area contributed by atoms with Gasteiger partial charge in [-0.1, -0.05) is 32.4 Å². The molecule has 122 valence electrons. The van der Waals surface area contributed by atoms with Crippen LogP contribution in [-0.4, -0.2) is 34.4 Å². The lowest BCUT2D eigenvalue weighted by atomic mass is 9.89. The van der Waals surface area contributed by atoms with Crippen molar-refractivity contribution in [2.24, 2.45) is 5.92 Å². The average molecular weight is 308 g/mol. The molecule has 0 aliphatic heterocycles. The van der Waals surface area contributed by atoms with Crippen LogP contribution >= 0.6 is 0 Å². The summed E-state index contributed by atoms with van der Waals surface area (Å²) >= 11 is 0. The SMILES string of the molecule is CCC(C)C(C)(O)CNC(=O)NCc1ccc(C(=O)O)cc1. The van der Waals surface area contributed by atoms with E-state index in [1.165, 1.54) is 12.1 Å². The number of carboxylic acid groups (broad SMARTS) is 1. The highest BCUT2D eigenvalue weighted by Gasteiger charge is 2.27. The monoisotopic (exact) mass is 308 g/mol. The van der Waals surface area contributed by atoms with Gasteiger partial charge in [0.05, 0.1) is 11.2 Å². The highest BCUT2D eigenvalue weighted by atomic mass is 16.4. The van der Waals surface area contributed by atoms with Crippen LogP contribution in [0.25, 0.3) is 0 Å². The summed E-state index contributed by atoms with van der Waals surface area (Å²) in [6, 6.07) is 5.92. The molecule has 0 aliphatic rings. The fraction of sp³-hybridized carbons (Fsp3) is 0.500. The Balaban J connectivity index is 2.41. The number of rotatable bonds is 7. The van der Waals surface area contributed by atoms with Crippen molar-refractivity contribution >= 4 is 12.0 Å². The molecule has 1 rings (SSSR count). The van der Waals surface area contributed by atoms with E-state index in [1.807, 2.05) is 13.8 Å². The molecule has 0 saturated heterocycles. The maximum Gasteiger partial charge on any atom is 0.335 e. The molecule has 0 heterocycles. The Bertz CT molecular complexity index is 511. The zero-order valence-corrected chi connectivity index (χ0v) is 13.2. The van der Waals surface area contributed by atoms with Gasteiger partial charge < -0.3 is 20.8 Å². The summed E-state index contributed by atoms with van der Waals surface area (Å²) in [4.78, 5) is 22.5. The Hall–Kier alpha value is -2.08. The van der Waals surface area contributed by atoms with E-state index in [0.717, 1.165) is 12.0 Å². The number of urea groups is 1. The number of aromatic carboxylic acids is 1. The highest BCUT2D eigenvalue weighted by Crippen LogP contribution is 2.18. The van der Waals surface area contributed by atoms with Gasteiger partial charge in [0.2, 0.25) is 0 Å². The van der Waals surface area contributed by atoms with Crippen LogP contribution in [0.3, 0.4) is 0 Å². The fourth-order valence-corrected chi connectivity index (χ4v) is 1.88. The molecule has 6 heteroatoms. The van der Waals surface area contributed by atoms with Crippen molar-refractivity contribution in [2.75, 3.05) is 6.54 Å². The minimum atomic E-state index is -0.982. The number of nitrogens with one attached hydrogen (secondary N) is 2. The molecule has 1 aromatic carbocycles. The van der Waals surface area contributed by atoms with Crippen molar-refractivity contribution in [1.82, 2.24) is 10.6 Å². The normalized spacial score (nSPS) is 14.7. The van der Waals surface area contributed by atoms with Gasteiger partial charge in [-0.15, -0.1) is 0 Å². The van der Waals surface area contributed by atoms with E-state index < -0.39 is 11.6 Å². The van der Waals surface area contributed by atoms with Crippen molar-refractivity contribution in [3.8, 4) is 0 Å². The number of aliphatic hydroxyl groups is 1. The maximum atomic E-state index is 11.7. The van der Waals surface area contributed by atoms with Gasteiger partial charge in [-0.3, -0.25) is 0 Å². The number of hydrogen-bond acceptors (Lipinski definition) is 3. The standard InChI is InChI=1S/C16H24N2O4/c1-4-11(2)16(3,22)10-18-15(21)17-9-12-5-7-13(8-6-12)14(19)20/h5-8,11,22H,4,9-10H2,1-3H3,(H,19,20)(H2,17,18,21). The van der Waals surface area contributed by atoms with Crippen molar-refractivity contribution < 1.29 is 19.8 Å². The molecule has 0 spiro atoms. The molecule has 22 heavy (non-hydrogen) atoms. The fourth-order valence-electron chi connectivity index (χ4n) is 1.88. The predicted octanol–water partition coefficient (Wildman–Crippen LogP) is 1.98. The van der Waals surface area contributed by atoms with E-state index in [9.17, 15) is 14.7 Å². The van der Waals surface area contributed by atoms with E-state index in [-0.39, 0.29) is 30.6 Å². The number of hydrogen-bond donors (Lipinski definition) is 4. The molecule has 1 aromatic rings. The van der Waals surface area contributed by atoms with Gasteiger partial charge in [0.15, 0.2) is 0 Å². The van der Waals surface area contributed by atoms with Gasteiger partial charge in [-0.25, -0.2) is 9.59 Å². The van der Waals surface area contributed by atoms with Crippen LogP contribution in [0.4, 0.5) is 4.79 Å². The molecule has 2 amide bonds. The molecule has 0 saturated carbocycles. The third-order valence-corrected chi connectivity index (χ3v) is 3.93. The quantitative estimate of drug-likeness (QED) is 0.619. The van der Waals surface area contributed by atoms with Gasteiger partial charge >= 0.3 is 12.0 Å². The molecular formula is C16H24N2O4. The van der Waals surface area contributed by atoms with Crippen LogP contribution in [0.2, 0.25) is 0 Å². The lowest BCUT2D eigenvalue weighted by Crippen LogP contribution is -2.47. The molecular weight excluding hydrogens is 284 g/mol. The van der Waals surface area contributed by atoms with Crippen LogP contribution in [0.15, 0.2) is 24.3 Å². The lowest BCUT2D eigenvalue weighted by Gasteiger charge is -2.29. The van der Waals surface area contributed by atoms with Crippen LogP contribution in [0, 0.1) is 5.92 Å². The summed E-state index contributed by atoms with van der Waals surface area (Å²) in [5.41, 5.74) is 0.0570. The van der Waals surface area contributed by atoms with Crippen molar-refractivity contribution in [3.05, 3.63) is 35.4 Å². The largest absolute Gasteiger partial charge is 0.478 e. The summed E-state index contributed by atoms with van der Waals surface area (Å²) in [5.74, 6) is -0.902. The molecule has 2 unspecified atom stereocenters. The van der Waals surface area contributed by atoms with E-state index in [1.54, 1.807) is 19.1 Å². The van der Waals surface area contributed by atoms with E-state index in [4.69, 9.17) is 5.11 Å². The summed E-state index contributed by atoms with van der Waals surface area (Å²) < 4.78 is 0. The zero-order valence-electron chi connectivity index (χ0n) is 13.2. The molecule has 4 N–H and O–H groups in total. The zero-order chi connectivity index (χ0) is 16.8. The summed E-state index contributed by atoms with van der Waals surface area (Å²) in [6.45, 7) is 6.08. The van der Waals surface area contributed by atoms with Crippen LogP contribution < -0.4 is 10.6 Å². The first-order valence-corrected chi connectivity index (χ1v) is 7.32. The number of carboxylic acids is 1. The topological polar surface area (TPSA) is 98.7 Å². The lowest BCUT2D eigenvalue weighted by molar-refractivity contribution is 0.00790. The Morgan fingerprint density at radius 1 is 1.23 bits per heavy atom. The highest BCUT2D eigenvalue weighted by molar-refractivity contribution is 5.87. The summed E-state index contributed by atoms with van der Waals surface area (Å²) in [6.07, 6.45) is 0.826. The van der Waals surface area contributed by atoms with Crippen LogP contribution in [0.1, 0.15) is 43.1 Å². The summed E-state index contributed by atoms with van der Waals surface area (Å²) in [7, 11) is 0. The number of carbonyl (C=O) groups is 2. The molecule has 0 aliphatic carbocycles. The number of benzene rings is 1. The Morgan fingerprint density at radius 2 is 1.82 bits per heavy atom. The molecule has 0 radical (unpaired) electrons. The van der Waals surface area contributed by atoms with Gasteiger partial charge in [0, 0.05) is 13.1 Å². The molecule has 0 aromatic heterocycles. The number of carbonyl (C=O) groups excluding carboxylic acids is 1. The second-order valence-corrected chi connectivity index (χ2v) is 5.70.